The Morgan fingerprint density at radius 2 is 1.11 bits per heavy atom. The van der Waals surface area contributed by atoms with E-state index in [1.807, 2.05) is 0 Å². The van der Waals surface area contributed by atoms with E-state index < -0.39 is 33.9 Å². The van der Waals surface area contributed by atoms with Crippen molar-refractivity contribution in [3.63, 3.8) is 0 Å². The first-order chi connectivity index (χ1) is 17.9. The largest absolute Gasteiger partial charge is 0.206 e. The van der Waals surface area contributed by atoms with Crippen LogP contribution in [-0.2, 0) is 0 Å². The van der Waals surface area contributed by atoms with Crippen molar-refractivity contribution < 1.29 is 17.6 Å². The zero-order chi connectivity index (χ0) is 26.4. The monoisotopic (exact) mass is 536 g/mol. The highest BCUT2D eigenvalue weighted by Crippen LogP contribution is 2.42. The molecule has 0 N–H and O–H groups in total. The van der Waals surface area contributed by atoms with Crippen molar-refractivity contribution in [3.05, 3.63) is 58.1 Å². The first-order valence-corrected chi connectivity index (χ1v) is 14.9. The van der Waals surface area contributed by atoms with E-state index in [9.17, 15) is 17.6 Å². The lowest BCUT2D eigenvalue weighted by Crippen LogP contribution is -2.18. The second-order valence-corrected chi connectivity index (χ2v) is 12.0. The average Bonchev–Trinajstić information content (AvgIpc) is 2.89. The maximum atomic E-state index is 14.9. The minimum absolute atomic E-state index is 0.121. The van der Waals surface area contributed by atoms with Gasteiger partial charge < -0.3 is 0 Å². The number of rotatable bonds is 10. The van der Waals surface area contributed by atoms with Gasteiger partial charge in [0, 0.05) is 0 Å². The number of benzene rings is 2. The normalized spacial score (nSPS) is 24.4. The Kier molecular flexibility index (Phi) is 10.4. The molecule has 2 fully saturated rings. The molecule has 0 aromatic heterocycles. The Morgan fingerprint density at radius 3 is 1.62 bits per heavy atom. The lowest BCUT2D eigenvalue weighted by molar-refractivity contribution is 0.222. The average molecular weight is 537 g/mol. The Morgan fingerprint density at radius 1 is 0.622 bits per heavy atom. The quantitative estimate of drug-likeness (QED) is 0.161. The number of halogens is 5. The molecule has 2 aliphatic carbocycles. The number of unbranched alkanes of at least 4 members (excludes halogenated alkanes) is 3. The van der Waals surface area contributed by atoms with Gasteiger partial charge in [0.05, 0.1) is 5.56 Å². The first-order valence-electron chi connectivity index (χ1n) is 14.5. The van der Waals surface area contributed by atoms with Gasteiger partial charge in [-0.15, -0.1) is 0 Å². The summed E-state index contributed by atoms with van der Waals surface area (Å²) in [5.41, 5.74) is 0.0436. The number of hydrogen-bond acceptors (Lipinski definition) is 0. The summed E-state index contributed by atoms with van der Waals surface area (Å²) in [6, 6.07) is 4.43. The van der Waals surface area contributed by atoms with Crippen LogP contribution in [0.1, 0.15) is 115 Å². The van der Waals surface area contributed by atoms with E-state index >= 15 is 0 Å². The van der Waals surface area contributed by atoms with Gasteiger partial charge in [0.25, 0.3) is 0 Å². The molecule has 5 heteroatoms. The summed E-state index contributed by atoms with van der Waals surface area (Å²) in [5, 5.41) is -0.677. The van der Waals surface area contributed by atoms with Gasteiger partial charge in [-0.2, -0.15) is 0 Å². The molecule has 0 bridgehead atoms. The van der Waals surface area contributed by atoms with E-state index in [-0.39, 0.29) is 11.5 Å². The molecule has 0 saturated heterocycles. The topological polar surface area (TPSA) is 0 Å². The van der Waals surface area contributed by atoms with Crippen molar-refractivity contribution in [2.45, 2.75) is 109 Å². The zero-order valence-electron chi connectivity index (χ0n) is 22.1. The molecule has 2 aliphatic rings. The SMILES string of the molecule is CCCCCCC1CCC(CCC2CCC(c3cc(F)c(-c4cc(F)c(Cl)c(F)c4)c(F)c3)CC2)CC1. The summed E-state index contributed by atoms with van der Waals surface area (Å²) in [6.07, 6.45) is 19.1. The molecule has 2 saturated carbocycles. The van der Waals surface area contributed by atoms with Crippen LogP contribution in [0.4, 0.5) is 17.6 Å². The Balaban J connectivity index is 1.24. The standard InChI is InChI=1S/C32H41ClF4/c1-2-3-4-5-6-21-7-9-22(10-8-21)11-12-23-13-15-24(16-14-23)25-17-27(34)31(28(35)18-25)26-19-29(36)32(33)30(37)20-26/h17-24H,2-16H2,1H3. The van der Waals surface area contributed by atoms with E-state index in [2.05, 4.69) is 6.92 Å². The molecule has 0 amide bonds. The van der Waals surface area contributed by atoms with Gasteiger partial charge in [-0.1, -0.05) is 89.2 Å². The second kappa shape index (κ2) is 13.5. The van der Waals surface area contributed by atoms with E-state index in [0.717, 1.165) is 49.7 Å². The van der Waals surface area contributed by atoms with E-state index in [1.165, 1.54) is 82.8 Å². The maximum absolute atomic E-state index is 14.9. The lowest BCUT2D eigenvalue weighted by Gasteiger charge is -2.32. The molecule has 0 atom stereocenters. The predicted octanol–water partition coefficient (Wildman–Crippen LogP) is 11.4. The fraction of sp³-hybridized carbons (Fsp3) is 0.625. The van der Waals surface area contributed by atoms with Gasteiger partial charge in [-0.3, -0.25) is 0 Å². The van der Waals surface area contributed by atoms with Crippen LogP contribution >= 0.6 is 11.6 Å². The summed E-state index contributed by atoms with van der Waals surface area (Å²) < 4.78 is 57.6. The van der Waals surface area contributed by atoms with Crippen LogP contribution < -0.4 is 0 Å². The van der Waals surface area contributed by atoms with E-state index in [1.54, 1.807) is 0 Å². The lowest BCUT2D eigenvalue weighted by atomic mass is 9.74. The van der Waals surface area contributed by atoms with Crippen molar-refractivity contribution >= 4 is 11.6 Å². The molecule has 2 aromatic carbocycles. The molecule has 204 valence electrons. The highest BCUT2D eigenvalue weighted by Gasteiger charge is 2.27. The molecule has 0 radical (unpaired) electrons. The van der Waals surface area contributed by atoms with E-state index in [4.69, 9.17) is 11.6 Å². The summed E-state index contributed by atoms with van der Waals surface area (Å²) in [4.78, 5) is 0. The summed E-state index contributed by atoms with van der Waals surface area (Å²) in [5.74, 6) is -0.996. The molecule has 0 unspecified atom stereocenters. The van der Waals surface area contributed by atoms with Gasteiger partial charge in [-0.25, -0.2) is 17.6 Å². The van der Waals surface area contributed by atoms with Crippen molar-refractivity contribution in [2.24, 2.45) is 17.8 Å². The third-order valence-corrected chi connectivity index (χ3v) is 9.43. The first kappa shape index (κ1) is 28.5. The minimum Gasteiger partial charge on any atom is -0.206 e. The molecule has 0 spiro atoms. The minimum atomic E-state index is -1.03. The smallest absolute Gasteiger partial charge is 0.145 e. The third-order valence-electron chi connectivity index (χ3n) is 9.07. The van der Waals surface area contributed by atoms with Gasteiger partial charge in [-0.05, 0) is 84.7 Å². The van der Waals surface area contributed by atoms with Crippen molar-refractivity contribution in [1.29, 1.82) is 0 Å². The molecule has 4 rings (SSSR count). The molecule has 2 aromatic rings. The van der Waals surface area contributed by atoms with Crippen molar-refractivity contribution in [2.75, 3.05) is 0 Å². The zero-order valence-corrected chi connectivity index (χ0v) is 22.9. The summed E-state index contributed by atoms with van der Waals surface area (Å²) in [7, 11) is 0. The molecule has 0 heterocycles. The summed E-state index contributed by atoms with van der Waals surface area (Å²) >= 11 is 5.52. The molecule has 0 nitrogen and oxygen atoms in total. The Hall–Kier alpha value is -1.55. The third kappa shape index (κ3) is 7.52. The van der Waals surface area contributed by atoms with Crippen LogP contribution in [0.2, 0.25) is 5.02 Å². The fourth-order valence-corrected chi connectivity index (χ4v) is 6.84. The predicted molar refractivity (Wildman–Crippen MR) is 145 cm³/mol. The Bertz CT molecular complexity index is 973. The van der Waals surface area contributed by atoms with Crippen molar-refractivity contribution in [1.82, 2.24) is 0 Å². The highest BCUT2D eigenvalue weighted by molar-refractivity contribution is 6.31. The Labute approximate surface area is 225 Å². The van der Waals surface area contributed by atoms with Gasteiger partial charge >= 0.3 is 0 Å². The van der Waals surface area contributed by atoms with Gasteiger partial charge in [0.1, 0.15) is 28.3 Å². The molecule has 37 heavy (non-hydrogen) atoms. The van der Waals surface area contributed by atoms with Crippen LogP contribution in [-0.4, -0.2) is 0 Å². The highest BCUT2D eigenvalue weighted by atomic mass is 35.5. The van der Waals surface area contributed by atoms with Gasteiger partial charge in [0.2, 0.25) is 0 Å². The van der Waals surface area contributed by atoms with E-state index in [0.29, 0.717) is 11.5 Å². The molecule has 0 aliphatic heterocycles. The second-order valence-electron chi connectivity index (χ2n) is 11.6. The van der Waals surface area contributed by atoms with Crippen molar-refractivity contribution in [3.8, 4) is 11.1 Å². The maximum Gasteiger partial charge on any atom is 0.145 e. The van der Waals surface area contributed by atoms with Crippen LogP contribution in [0.15, 0.2) is 24.3 Å². The summed E-state index contributed by atoms with van der Waals surface area (Å²) in [6.45, 7) is 2.27. The molecular formula is C32H41ClF4. The fourth-order valence-electron chi connectivity index (χ4n) is 6.73. The van der Waals surface area contributed by atoms with Crippen LogP contribution in [0.5, 0.6) is 0 Å². The van der Waals surface area contributed by atoms with Crippen LogP contribution in [0.25, 0.3) is 11.1 Å². The molecular weight excluding hydrogens is 496 g/mol. The number of hydrogen-bond donors (Lipinski definition) is 0. The van der Waals surface area contributed by atoms with Crippen LogP contribution in [0.3, 0.4) is 0 Å². The van der Waals surface area contributed by atoms with Crippen LogP contribution in [0, 0.1) is 41.0 Å². The van der Waals surface area contributed by atoms with Gasteiger partial charge in [0.15, 0.2) is 0 Å².